The molecule has 28 heavy (non-hydrogen) atoms. The van der Waals surface area contributed by atoms with Crippen LogP contribution in [0.1, 0.15) is 51.6 Å². The van der Waals surface area contributed by atoms with Gasteiger partial charge in [0.05, 0.1) is 22.9 Å². The highest BCUT2D eigenvalue weighted by Crippen LogP contribution is 2.57. The number of carbonyl (C=O) groups excluding carboxylic acids is 1. The van der Waals surface area contributed by atoms with Gasteiger partial charge < -0.3 is 4.90 Å². The number of piperidine rings is 1. The fourth-order valence-electron chi connectivity index (χ4n) is 5.42. The molecular weight excluding hydrogens is 423 g/mol. The van der Waals surface area contributed by atoms with Crippen LogP contribution in [0.4, 0.5) is 10.1 Å². The first-order valence-electron chi connectivity index (χ1n) is 10.0. The Kier molecular flexibility index (Phi) is 3.81. The standard InChI is InChI=1S/C21H24BrFN4O/c1-19(2)17-15(7-13(22)10-25-17)27(18(19)28)14-8-21(9-14,11-24)26-6-3-16(23)20(12-26)4-5-20/h7,10,14,16H,3-6,8-9,12H2,1-2H3/t14-,16?,21+. The van der Waals surface area contributed by atoms with Crippen molar-refractivity contribution >= 4 is 27.5 Å². The van der Waals surface area contributed by atoms with Gasteiger partial charge in [-0.05, 0) is 55.1 Å². The van der Waals surface area contributed by atoms with Gasteiger partial charge in [0.1, 0.15) is 11.7 Å². The van der Waals surface area contributed by atoms with E-state index in [0.717, 1.165) is 28.7 Å². The zero-order valence-electron chi connectivity index (χ0n) is 16.2. The molecule has 5 nitrogen and oxygen atoms in total. The van der Waals surface area contributed by atoms with Crippen molar-refractivity contribution < 1.29 is 9.18 Å². The zero-order valence-corrected chi connectivity index (χ0v) is 17.8. The van der Waals surface area contributed by atoms with Gasteiger partial charge in [0, 0.05) is 48.1 Å². The lowest BCUT2D eigenvalue weighted by molar-refractivity contribution is -0.123. The van der Waals surface area contributed by atoms with Gasteiger partial charge in [0.25, 0.3) is 0 Å². The molecule has 2 aliphatic heterocycles. The largest absolute Gasteiger partial charge is 0.306 e. The number of amides is 1. The van der Waals surface area contributed by atoms with Crippen LogP contribution in [0, 0.1) is 16.7 Å². The number of hydrogen-bond donors (Lipinski definition) is 0. The van der Waals surface area contributed by atoms with Crippen LogP contribution in [-0.2, 0) is 10.2 Å². The predicted octanol–water partition coefficient (Wildman–Crippen LogP) is 3.72. The third kappa shape index (κ3) is 2.37. The first-order valence-corrected chi connectivity index (χ1v) is 10.8. The molecule has 1 unspecified atom stereocenters. The number of halogens is 2. The lowest BCUT2D eigenvalue weighted by Gasteiger charge is -2.54. The molecule has 3 heterocycles. The van der Waals surface area contributed by atoms with E-state index in [4.69, 9.17) is 0 Å². The first kappa shape index (κ1) is 18.5. The number of alkyl halides is 1. The quantitative estimate of drug-likeness (QED) is 0.694. The van der Waals surface area contributed by atoms with E-state index < -0.39 is 17.1 Å². The summed E-state index contributed by atoms with van der Waals surface area (Å²) in [6, 6.07) is 4.47. The van der Waals surface area contributed by atoms with Crippen LogP contribution in [0.2, 0.25) is 0 Å². The van der Waals surface area contributed by atoms with E-state index in [1.54, 1.807) is 6.20 Å². The van der Waals surface area contributed by atoms with E-state index in [0.29, 0.717) is 32.4 Å². The molecule has 0 radical (unpaired) electrons. The maximum absolute atomic E-state index is 14.3. The summed E-state index contributed by atoms with van der Waals surface area (Å²) in [5, 5.41) is 10.0. The van der Waals surface area contributed by atoms with Gasteiger partial charge >= 0.3 is 0 Å². The SMILES string of the molecule is CC1(C)C(=O)N([C@H]2C[C@@](C#N)(N3CCC(F)C4(CC4)C3)C2)c2cc(Br)cnc21. The number of rotatable bonds is 2. The lowest BCUT2D eigenvalue weighted by Crippen LogP contribution is -2.66. The number of anilines is 1. The van der Waals surface area contributed by atoms with E-state index in [9.17, 15) is 14.4 Å². The molecule has 0 bridgehead atoms. The normalized spacial score (nSPS) is 35.4. The number of hydrogen-bond acceptors (Lipinski definition) is 4. The number of aromatic nitrogens is 1. The molecule has 1 amide bonds. The molecule has 4 aliphatic rings. The fraction of sp³-hybridized carbons (Fsp3) is 0.667. The second-order valence-corrected chi connectivity index (χ2v) is 10.5. The molecule has 148 valence electrons. The third-order valence-corrected chi connectivity index (χ3v) is 7.91. The first-order chi connectivity index (χ1) is 13.2. The van der Waals surface area contributed by atoms with Gasteiger partial charge in [0.2, 0.25) is 5.91 Å². The van der Waals surface area contributed by atoms with Crippen LogP contribution < -0.4 is 4.90 Å². The molecule has 1 atom stereocenters. The van der Waals surface area contributed by atoms with E-state index in [2.05, 4.69) is 31.9 Å². The van der Waals surface area contributed by atoms with Crippen molar-refractivity contribution in [1.29, 1.82) is 5.26 Å². The number of fused-ring (bicyclic) bond motifs is 1. The average Bonchev–Trinajstić information content (AvgIpc) is 3.36. The number of pyridine rings is 1. The highest BCUT2D eigenvalue weighted by Gasteiger charge is 2.61. The molecule has 1 aromatic rings. The summed E-state index contributed by atoms with van der Waals surface area (Å²) in [4.78, 5) is 21.8. The summed E-state index contributed by atoms with van der Waals surface area (Å²) >= 11 is 3.47. The zero-order chi connectivity index (χ0) is 19.9. The Morgan fingerprint density at radius 1 is 1.36 bits per heavy atom. The minimum Gasteiger partial charge on any atom is -0.306 e. The van der Waals surface area contributed by atoms with Crippen LogP contribution in [0.15, 0.2) is 16.7 Å². The van der Waals surface area contributed by atoms with Crippen LogP contribution in [0.5, 0.6) is 0 Å². The fourth-order valence-corrected chi connectivity index (χ4v) is 5.74. The van der Waals surface area contributed by atoms with Crippen molar-refractivity contribution in [1.82, 2.24) is 9.88 Å². The second-order valence-electron chi connectivity index (χ2n) is 9.57. The van der Waals surface area contributed by atoms with E-state index in [1.165, 1.54) is 0 Å². The summed E-state index contributed by atoms with van der Waals surface area (Å²) in [6.45, 7) is 5.13. The van der Waals surface area contributed by atoms with Crippen molar-refractivity contribution in [2.24, 2.45) is 5.41 Å². The van der Waals surface area contributed by atoms with Crippen LogP contribution in [0.25, 0.3) is 0 Å². The van der Waals surface area contributed by atoms with Gasteiger partial charge in [-0.25, -0.2) is 4.39 Å². The van der Waals surface area contributed by atoms with E-state index in [-0.39, 0.29) is 17.4 Å². The Labute approximate surface area is 173 Å². The summed E-state index contributed by atoms with van der Waals surface area (Å²) < 4.78 is 15.1. The highest BCUT2D eigenvalue weighted by atomic mass is 79.9. The van der Waals surface area contributed by atoms with Crippen LogP contribution in [0.3, 0.4) is 0 Å². The Bertz CT molecular complexity index is 900. The van der Waals surface area contributed by atoms with Crippen LogP contribution in [-0.4, -0.2) is 46.6 Å². The number of nitriles is 1. The summed E-state index contributed by atoms with van der Waals surface area (Å²) in [6.07, 6.45) is 4.61. The maximum atomic E-state index is 14.3. The Hall–Kier alpha value is -1.52. The summed E-state index contributed by atoms with van der Waals surface area (Å²) in [7, 11) is 0. The molecule has 3 fully saturated rings. The Morgan fingerprint density at radius 2 is 2.07 bits per heavy atom. The predicted molar refractivity (Wildman–Crippen MR) is 107 cm³/mol. The molecule has 0 N–H and O–H groups in total. The van der Waals surface area contributed by atoms with Crippen molar-refractivity contribution in [2.45, 2.75) is 69.1 Å². The molecule has 7 heteroatoms. The minimum atomic E-state index is -0.730. The summed E-state index contributed by atoms with van der Waals surface area (Å²) in [5.41, 5.74) is 0.200. The van der Waals surface area contributed by atoms with Gasteiger partial charge in [-0.3, -0.25) is 14.7 Å². The molecular formula is C21H24BrFN4O. The van der Waals surface area contributed by atoms with Crippen molar-refractivity contribution in [3.8, 4) is 6.07 Å². The monoisotopic (exact) mass is 446 g/mol. The van der Waals surface area contributed by atoms with Gasteiger partial charge in [-0.15, -0.1) is 0 Å². The topological polar surface area (TPSA) is 60.2 Å². The maximum Gasteiger partial charge on any atom is 0.239 e. The van der Waals surface area contributed by atoms with Gasteiger partial charge in [0.15, 0.2) is 0 Å². The average molecular weight is 447 g/mol. The third-order valence-electron chi connectivity index (χ3n) is 7.48. The number of likely N-dealkylation sites (tertiary alicyclic amines) is 1. The van der Waals surface area contributed by atoms with E-state index >= 15 is 0 Å². The van der Waals surface area contributed by atoms with Crippen molar-refractivity contribution in [3.05, 3.63) is 22.4 Å². The summed E-state index contributed by atoms with van der Waals surface area (Å²) in [5.74, 6) is 0.0470. The smallest absolute Gasteiger partial charge is 0.239 e. The molecule has 1 spiro atoms. The van der Waals surface area contributed by atoms with Crippen molar-refractivity contribution in [3.63, 3.8) is 0 Å². The van der Waals surface area contributed by atoms with E-state index in [1.807, 2.05) is 24.8 Å². The molecule has 1 saturated heterocycles. The molecule has 5 rings (SSSR count). The Balaban J connectivity index is 1.40. The molecule has 2 aliphatic carbocycles. The minimum absolute atomic E-state index is 0.0120. The number of carbonyl (C=O) groups is 1. The highest BCUT2D eigenvalue weighted by molar-refractivity contribution is 9.10. The number of nitrogens with zero attached hydrogens (tertiary/aromatic N) is 4. The molecule has 1 aromatic heterocycles. The lowest BCUT2D eigenvalue weighted by atomic mass is 9.70. The van der Waals surface area contributed by atoms with Gasteiger partial charge in [-0.2, -0.15) is 5.26 Å². The Morgan fingerprint density at radius 3 is 2.71 bits per heavy atom. The van der Waals surface area contributed by atoms with Crippen molar-refractivity contribution in [2.75, 3.05) is 18.0 Å². The van der Waals surface area contributed by atoms with Gasteiger partial charge in [-0.1, -0.05) is 0 Å². The molecule has 0 aromatic carbocycles. The second kappa shape index (κ2) is 5.76. The molecule has 2 saturated carbocycles. The van der Waals surface area contributed by atoms with Crippen LogP contribution >= 0.6 is 15.9 Å².